The molecule has 2 aliphatic rings. The second-order valence-corrected chi connectivity index (χ2v) is 6.54. The number of pyridine rings is 1. The Hall–Kier alpha value is -2.41. The predicted molar refractivity (Wildman–Crippen MR) is 92.1 cm³/mol. The highest BCUT2D eigenvalue weighted by Crippen LogP contribution is 2.18. The van der Waals surface area contributed by atoms with E-state index in [2.05, 4.69) is 24.8 Å². The normalized spacial score (nSPS) is 17.9. The molecule has 4 heterocycles. The fourth-order valence-corrected chi connectivity index (χ4v) is 3.42. The Labute approximate surface area is 144 Å². The van der Waals surface area contributed by atoms with E-state index in [-0.39, 0.29) is 5.56 Å². The van der Waals surface area contributed by atoms with E-state index >= 15 is 0 Å². The maximum Gasteiger partial charge on any atom is 0.255 e. The quantitative estimate of drug-likeness (QED) is 0.865. The Morgan fingerprint density at radius 1 is 1.28 bits per heavy atom. The number of hydrogen-bond donors (Lipinski definition) is 1. The number of hydrogen-bond acceptors (Lipinski definition) is 5. The maximum absolute atomic E-state index is 13.7. The van der Waals surface area contributed by atoms with Gasteiger partial charge in [0.25, 0.3) is 5.56 Å². The predicted octanol–water partition coefficient (Wildman–Crippen LogP) is 1.84. The van der Waals surface area contributed by atoms with Crippen LogP contribution < -0.4 is 5.56 Å². The fraction of sp³-hybridized carbons (Fsp3) is 0.444. The van der Waals surface area contributed by atoms with Crippen molar-refractivity contribution in [3.63, 3.8) is 0 Å². The van der Waals surface area contributed by atoms with Crippen LogP contribution in [0.25, 0.3) is 0 Å². The first-order valence-electron chi connectivity index (χ1n) is 8.68. The number of H-pyrrole nitrogens is 1. The molecule has 2 aromatic heterocycles. The van der Waals surface area contributed by atoms with Crippen molar-refractivity contribution in [2.24, 2.45) is 4.99 Å². The van der Waals surface area contributed by atoms with Crippen molar-refractivity contribution in [3.05, 3.63) is 57.3 Å². The molecule has 0 spiro atoms. The molecule has 0 saturated heterocycles. The molecule has 1 N–H and O–H groups in total. The molecule has 0 saturated carbocycles. The van der Waals surface area contributed by atoms with Gasteiger partial charge < -0.3 is 4.98 Å². The van der Waals surface area contributed by atoms with E-state index in [1.807, 2.05) is 0 Å². The van der Waals surface area contributed by atoms with Crippen molar-refractivity contribution in [1.82, 2.24) is 19.9 Å². The molecule has 4 rings (SSSR count). The summed E-state index contributed by atoms with van der Waals surface area (Å²) in [6.07, 6.45) is 5.17. The number of nitrogens with zero attached hydrogens (tertiary/aromatic N) is 4. The van der Waals surface area contributed by atoms with Crippen LogP contribution in [-0.4, -0.2) is 38.7 Å². The van der Waals surface area contributed by atoms with Crippen LogP contribution in [0.5, 0.6) is 0 Å². The second kappa shape index (κ2) is 6.84. The Balaban J connectivity index is 1.56. The SMILES string of the molecule is O=c1[nH]c(C2=NCCCC2)nc2c1CN(Cc1cccnc1F)CC2. The van der Waals surface area contributed by atoms with Crippen molar-refractivity contribution >= 4 is 5.71 Å². The summed E-state index contributed by atoms with van der Waals surface area (Å²) in [5.41, 5.74) is 2.87. The molecule has 0 fully saturated rings. The van der Waals surface area contributed by atoms with Gasteiger partial charge in [0.05, 0.1) is 17.0 Å². The summed E-state index contributed by atoms with van der Waals surface area (Å²) >= 11 is 0. The number of fused-ring (bicyclic) bond motifs is 1. The van der Waals surface area contributed by atoms with E-state index in [0.29, 0.717) is 36.5 Å². The van der Waals surface area contributed by atoms with Gasteiger partial charge in [0, 0.05) is 44.4 Å². The number of nitrogens with one attached hydrogen (secondary N) is 1. The Kier molecular flexibility index (Phi) is 4.40. The summed E-state index contributed by atoms with van der Waals surface area (Å²) < 4.78 is 13.7. The molecular weight excluding hydrogens is 321 g/mol. The zero-order valence-electron chi connectivity index (χ0n) is 14.0. The molecule has 130 valence electrons. The lowest BCUT2D eigenvalue weighted by Gasteiger charge is -2.27. The fourth-order valence-electron chi connectivity index (χ4n) is 3.42. The van der Waals surface area contributed by atoms with Crippen molar-refractivity contribution in [2.75, 3.05) is 13.1 Å². The minimum Gasteiger partial charge on any atom is -0.305 e. The first kappa shape index (κ1) is 16.1. The summed E-state index contributed by atoms with van der Waals surface area (Å²) in [5, 5.41) is 0. The van der Waals surface area contributed by atoms with Crippen LogP contribution in [0.4, 0.5) is 4.39 Å². The van der Waals surface area contributed by atoms with Crippen molar-refractivity contribution in [1.29, 1.82) is 0 Å². The molecule has 0 amide bonds. The minimum atomic E-state index is -0.453. The molecule has 0 aromatic carbocycles. The van der Waals surface area contributed by atoms with Crippen LogP contribution in [0.2, 0.25) is 0 Å². The van der Waals surface area contributed by atoms with E-state index in [1.54, 1.807) is 12.1 Å². The number of aromatic amines is 1. The van der Waals surface area contributed by atoms with Crippen molar-refractivity contribution < 1.29 is 4.39 Å². The highest BCUT2D eigenvalue weighted by Gasteiger charge is 2.23. The average molecular weight is 341 g/mol. The highest BCUT2D eigenvalue weighted by molar-refractivity contribution is 5.97. The molecule has 0 bridgehead atoms. The second-order valence-electron chi connectivity index (χ2n) is 6.54. The molecule has 0 radical (unpaired) electrons. The van der Waals surface area contributed by atoms with Crippen molar-refractivity contribution in [2.45, 2.75) is 38.8 Å². The number of rotatable bonds is 3. The molecule has 2 aromatic rings. The van der Waals surface area contributed by atoms with Gasteiger partial charge in [-0.15, -0.1) is 0 Å². The van der Waals surface area contributed by atoms with Crippen LogP contribution in [-0.2, 0) is 19.5 Å². The monoisotopic (exact) mass is 341 g/mol. The van der Waals surface area contributed by atoms with Crippen LogP contribution in [0.1, 0.15) is 41.9 Å². The van der Waals surface area contributed by atoms with E-state index in [0.717, 1.165) is 43.8 Å². The summed E-state index contributed by atoms with van der Waals surface area (Å²) in [5.74, 6) is 0.168. The first-order chi connectivity index (χ1) is 12.2. The first-order valence-corrected chi connectivity index (χ1v) is 8.68. The van der Waals surface area contributed by atoms with Crippen LogP contribution >= 0.6 is 0 Å². The molecule has 7 heteroatoms. The molecule has 25 heavy (non-hydrogen) atoms. The summed E-state index contributed by atoms with van der Waals surface area (Å²) in [4.78, 5) is 30.3. The number of halogens is 1. The van der Waals surface area contributed by atoms with Gasteiger partial charge in [0.15, 0.2) is 5.82 Å². The lowest BCUT2D eigenvalue weighted by atomic mass is 10.0. The van der Waals surface area contributed by atoms with Crippen LogP contribution in [0.3, 0.4) is 0 Å². The molecule has 0 unspecified atom stereocenters. The van der Waals surface area contributed by atoms with E-state index in [1.165, 1.54) is 6.20 Å². The molecule has 0 aliphatic carbocycles. The lowest BCUT2D eigenvalue weighted by Crippen LogP contribution is -2.36. The minimum absolute atomic E-state index is 0.107. The zero-order chi connectivity index (χ0) is 17.2. The van der Waals surface area contributed by atoms with Gasteiger partial charge in [-0.2, -0.15) is 4.39 Å². The standard InChI is InChI=1S/C18H20FN5O/c19-16-12(4-3-8-21-16)10-24-9-6-14-13(11-24)18(25)23-17(22-14)15-5-1-2-7-20-15/h3-4,8H,1-2,5-7,9-11H2,(H,22,23,25). The Morgan fingerprint density at radius 2 is 2.20 bits per heavy atom. The van der Waals surface area contributed by atoms with E-state index in [9.17, 15) is 9.18 Å². The van der Waals surface area contributed by atoms with Gasteiger partial charge in [-0.05, 0) is 25.3 Å². The van der Waals surface area contributed by atoms with Gasteiger partial charge in [0.1, 0.15) is 0 Å². The van der Waals surface area contributed by atoms with Gasteiger partial charge in [-0.3, -0.25) is 14.7 Å². The third kappa shape index (κ3) is 3.37. The number of aliphatic imine (C=N–C) groups is 1. The molecule has 0 atom stereocenters. The van der Waals surface area contributed by atoms with Gasteiger partial charge in [0.2, 0.25) is 5.95 Å². The Bertz CT molecular complexity index is 876. The van der Waals surface area contributed by atoms with E-state index < -0.39 is 5.95 Å². The smallest absolute Gasteiger partial charge is 0.255 e. The highest BCUT2D eigenvalue weighted by atomic mass is 19.1. The zero-order valence-corrected chi connectivity index (χ0v) is 14.0. The number of aromatic nitrogens is 3. The average Bonchev–Trinajstić information content (AvgIpc) is 2.65. The lowest BCUT2D eigenvalue weighted by molar-refractivity contribution is 0.237. The van der Waals surface area contributed by atoms with Crippen LogP contribution in [0.15, 0.2) is 28.1 Å². The third-order valence-corrected chi connectivity index (χ3v) is 4.78. The van der Waals surface area contributed by atoms with Gasteiger partial charge >= 0.3 is 0 Å². The Morgan fingerprint density at radius 3 is 3.00 bits per heavy atom. The third-order valence-electron chi connectivity index (χ3n) is 4.78. The molecule has 2 aliphatic heterocycles. The van der Waals surface area contributed by atoms with E-state index in [4.69, 9.17) is 0 Å². The van der Waals surface area contributed by atoms with Gasteiger partial charge in [-0.25, -0.2) is 9.97 Å². The largest absolute Gasteiger partial charge is 0.305 e. The van der Waals surface area contributed by atoms with Crippen LogP contribution in [0, 0.1) is 5.95 Å². The van der Waals surface area contributed by atoms with Gasteiger partial charge in [-0.1, -0.05) is 6.07 Å². The molecule has 6 nitrogen and oxygen atoms in total. The summed E-state index contributed by atoms with van der Waals surface area (Å²) in [6.45, 7) is 2.45. The maximum atomic E-state index is 13.7. The van der Waals surface area contributed by atoms with Crippen molar-refractivity contribution in [3.8, 4) is 0 Å². The summed E-state index contributed by atoms with van der Waals surface area (Å²) in [6, 6.07) is 3.45. The summed E-state index contributed by atoms with van der Waals surface area (Å²) in [7, 11) is 0. The molecular formula is C18H20FN5O. The topological polar surface area (TPSA) is 74.2 Å².